The highest BCUT2D eigenvalue weighted by atomic mass is 31.2. The molecule has 0 aliphatic rings. The van der Waals surface area contributed by atoms with E-state index in [9.17, 15) is 4.57 Å². The summed E-state index contributed by atoms with van der Waals surface area (Å²) < 4.78 is 10.6. The van der Waals surface area contributed by atoms with Crippen LogP contribution in [0.15, 0.2) is 6.07 Å². The number of hydrogen-bond donors (Lipinski definition) is 3. The SMILES string of the molecule is Cc1cc(CCCCCCCCP(=O)(O)O)c(C)[nH]1. The molecule has 0 aliphatic heterocycles. The third-order valence-corrected chi connectivity index (χ3v) is 4.30. The number of hydrogen-bond acceptors (Lipinski definition) is 1. The van der Waals surface area contributed by atoms with Crippen molar-refractivity contribution in [2.75, 3.05) is 6.16 Å². The van der Waals surface area contributed by atoms with Crippen molar-refractivity contribution in [2.45, 2.75) is 58.8 Å². The first kappa shape index (κ1) is 16.5. The summed E-state index contributed by atoms with van der Waals surface area (Å²) in [5.41, 5.74) is 3.92. The molecule has 1 aromatic heterocycles. The molecule has 0 unspecified atom stereocenters. The lowest BCUT2D eigenvalue weighted by Gasteiger charge is -2.04. The maximum atomic E-state index is 10.6. The van der Waals surface area contributed by atoms with Crippen molar-refractivity contribution in [1.82, 2.24) is 4.98 Å². The molecule has 0 saturated heterocycles. The van der Waals surface area contributed by atoms with Crippen LogP contribution >= 0.6 is 7.60 Å². The van der Waals surface area contributed by atoms with Crippen LogP contribution in [0, 0.1) is 13.8 Å². The Bertz CT molecular complexity index is 422. The van der Waals surface area contributed by atoms with Crippen LogP contribution in [-0.2, 0) is 11.0 Å². The molecule has 110 valence electrons. The highest BCUT2D eigenvalue weighted by molar-refractivity contribution is 7.51. The number of H-pyrrole nitrogens is 1. The minimum atomic E-state index is -3.77. The van der Waals surface area contributed by atoms with Gasteiger partial charge in [0.1, 0.15) is 0 Å². The first-order chi connectivity index (χ1) is 8.88. The van der Waals surface area contributed by atoms with Gasteiger partial charge < -0.3 is 14.8 Å². The van der Waals surface area contributed by atoms with Gasteiger partial charge >= 0.3 is 7.60 Å². The zero-order valence-electron chi connectivity index (χ0n) is 12.0. The average molecular weight is 287 g/mol. The fraction of sp³-hybridized carbons (Fsp3) is 0.714. The van der Waals surface area contributed by atoms with Gasteiger partial charge in [-0.25, -0.2) is 0 Å². The van der Waals surface area contributed by atoms with Gasteiger partial charge in [0.2, 0.25) is 0 Å². The van der Waals surface area contributed by atoms with E-state index < -0.39 is 7.60 Å². The summed E-state index contributed by atoms with van der Waals surface area (Å²) >= 11 is 0. The first-order valence-electron chi connectivity index (χ1n) is 7.08. The molecule has 0 aromatic carbocycles. The Balaban J connectivity index is 2.00. The van der Waals surface area contributed by atoms with Gasteiger partial charge in [0.25, 0.3) is 0 Å². The van der Waals surface area contributed by atoms with E-state index in [-0.39, 0.29) is 6.16 Å². The predicted octanol–water partition coefficient (Wildman–Crippen LogP) is 3.69. The summed E-state index contributed by atoms with van der Waals surface area (Å²) in [6.07, 6.45) is 7.34. The minimum absolute atomic E-state index is 0.0365. The fourth-order valence-electron chi connectivity index (χ4n) is 2.38. The Hall–Kier alpha value is -0.570. The van der Waals surface area contributed by atoms with Gasteiger partial charge in [-0.3, -0.25) is 4.57 Å². The molecule has 1 rings (SSSR count). The Labute approximate surface area is 115 Å². The van der Waals surface area contributed by atoms with Crippen molar-refractivity contribution >= 4 is 7.60 Å². The molecular formula is C14H26NO3P. The number of nitrogens with one attached hydrogen (secondary N) is 1. The lowest BCUT2D eigenvalue weighted by molar-refractivity contribution is 0.370. The Kier molecular flexibility index (Phi) is 6.84. The van der Waals surface area contributed by atoms with Crippen molar-refractivity contribution in [1.29, 1.82) is 0 Å². The maximum absolute atomic E-state index is 10.6. The van der Waals surface area contributed by atoms with Crippen LogP contribution in [0.1, 0.15) is 55.5 Å². The second-order valence-electron chi connectivity index (χ2n) is 5.36. The molecule has 0 atom stereocenters. The summed E-state index contributed by atoms with van der Waals surface area (Å²) in [7, 11) is -3.77. The Morgan fingerprint density at radius 3 is 2.16 bits per heavy atom. The molecule has 0 fully saturated rings. The lowest BCUT2D eigenvalue weighted by Crippen LogP contribution is -1.89. The summed E-state index contributed by atoms with van der Waals surface area (Å²) in [4.78, 5) is 20.8. The third kappa shape index (κ3) is 7.56. The van der Waals surface area contributed by atoms with Crippen LogP contribution in [0.4, 0.5) is 0 Å². The zero-order valence-corrected chi connectivity index (χ0v) is 12.9. The summed E-state index contributed by atoms with van der Waals surface area (Å²) in [5, 5.41) is 0. The van der Waals surface area contributed by atoms with Gasteiger partial charge in [0.15, 0.2) is 0 Å². The number of aromatic nitrogens is 1. The monoisotopic (exact) mass is 287 g/mol. The predicted molar refractivity (Wildman–Crippen MR) is 78.6 cm³/mol. The second kappa shape index (κ2) is 7.88. The molecule has 19 heavy (non-hydrogen) atoms. The van der Waals surface area contributed by atoms with E-state index in [1.165, 1.54) is 29.8 Å². The molecule has 0 saturated carbocycles. The van der Waals surface area contributed by atoms with Gasteiger partial charge in [-0.1, -0.05) is 25.7 Å². The Morgan fingerprint density at radius 2 is 1.63 bits per heavy atom. The molecule has 0 spiro atoms. The largest absolute Gasteiger partial charge is 0.362 e. The number of aryl methyl sites for hydroxylation is 3. The van der Waals surface area contributed by atoms with E-state index in [1.54, 1.807) is 0 Å². The van der Waals surface area contributed by atoms with Crippen molar-refractivity contribution < 1.29 is 14.4 Å². The highest BCUT2D eigenvalue weighted by Gasteiger charge is 2.10. The summed E-state index contributed by atoms with van der Waals surface area (Å²) in [6, 6.07) is 2.22. The van der Waals surface area contributed by atoms with E-state index in [0.717, 1.165) is 25.7 Å². The van der Waals surface area contributed by atoms with Crippen molar-refractivity contribution in [2.24, 2.45) is 0 Å². The first-order valence-corrected chi connectivity index (χ1v) is 8.88. The second-order valence-corrected chi connectivity index (χ2v) is 7.14. The van der Waals surface area contributed by atoms with Crippen molar-refractivity contribution in [3.05, 3.63) is 23.0 Å². The topological polar surface area (TPSA) is 73.3 Å². The Morgan fingerprint density at radius 1 is 1.05 bits per heavy atom. The zero-order chi connectivity index (χ0) is 14.3. The van der Waals surface area contributed by atoms with Gasteiger partial charge in [-0.15, -0.1) is 0 Å². The molecule has 1 heterocycles. The van der Waals surface area contributed by atoms with E-state index in [1.807, 2.05) is 0 Å². The molecular weight excluding hydrogens is 261 g/mol. The van der Waals surface area contributed by atoms with E-state index in [2.05, 4.69) is 24.9 Å². The smallest absolute Gasteiger partial charge is 0.325 e. The molecule has 4 nitrogen and oxygen atoms in total. The molecule has 5 heteroatoms. The normalized spacial score (nSPS) is 12.0. The van der Waals surface area contributed by atoms with Crippen molar-refractivity contribution in [3.8, 4) is 0 Å². The summed E-state index contributed by atoms with van der Waals surface area (Å²) in [5.74, 6) is 0. The highest BCUT2D eigenvalue weighted by Crippen LogP contribution is 2.35. The quantitative estimate of drug-likeness (QED) is 0.479. The van der Waals surface area contributed by atoms with E-state index in [4.69, 9.17) is 9.79 Å². The van der Waals surface area contributed by atoms with Gasteiger partial charge in [-0.05, 0) is 44.7 Å². The fourth-order valence-corrected chi connectivity index (χ4v) is 3.02. The molecule has 3 N–H and O–H groups in total. The minimum Gasteiger partial charge on any atom is -0.362 e. The third-order valence-electron chi connectivity index (χ3n) is 3.40. The molecule has 0 bridgehead atoms. The lowest BCUT2D eigenvalue weighted by atomic mass is 10.1. The number of aromatic amines is 1. The average Bonchev–Trinajstić information content (AvgIpc) is 2.60. The van der Waals surface area contributed by atoms with Crippen LogP contribution in [0.5, 0.6) is 0 Å². The van der Waals surface area contributed by atoms with Crippen LogP contribution < -0.4 is 0 Å². The van der Waals surface area contributed by atoms with Gasteiger partial charge in [-0.2, -0.15) is 0 Å². The van der Waals surface area contributed by atoms with Gasteiger partial charge in [0, 0.05) is 17.5 Å². The van der Waals surface area contributed by atoms with Crippen LogP contribution in [-0.4, -0.2) is 20.9 Å². The van der Waals surface area contributed by atoms with Crippen LogP contribution in [0.2, 0.25) is 0 Å². The number of rotatable bonds is 9. The molecule has 0 radical (unpaired) electrons. The molecule has 1 aromatic rings. The van der Waals surface area contributed by atoms with E-state index >= 15 is 0 Å². The standard InChI is InChI=1S/C14H26NO3P/c1-12-11-14(13(2)15-12)9-7-5-3-4-6-8-10-19(16,17)18/h11,15H,3-10H2,1-2H3,(H2,16,17,18). The molecule has 0 amide bonds. The number of unbranched alkanes of at least 4 members (excludes halogenated alkanes) is 5. The van der Waals surface area contributed by atoms with Crippen molar-refractivity contribution in [3.63, 3.8) is 0 Å². The maximum Gasteiger partial charge on any atom is 0.325 e. The van der Waals surface area contributed by atoms with E-state index in [0.29, 0.717) is 6.42 Å². The van der Waals surface area contributed by atoms with Gasteiger partial charge in [0.05, 0.1) is 0 Å². The van der Waals surface area contributed by atoms with Crippen LogP contribution in [0.25, 0.3) is 0 Å². The molecule has 0 aliphatic carbocycles. The van der Waals surface area contributed by atoms with Crippen LogP contribution in [0.3, 0.4) is 0 Å². The summed E-state index contributed by atoms with van der Waals surface area (Å²) in [6.45, 7) is 4.20.